The molecule has 3 aliphatic rings. The Morgan fingerprint density at radius 2 is 1.69 bits per heavy atom. The third kappa shape index (κ3) is 8.94. The molecule has 13 atom stereocenters. The zero-order valence-electron chi connectivity index (χ0n) is 34.5. The van der Waals surface area contributed by atoms with E-state index in [0.717, 1.165) is 11.9 Å². The second-order valence-electron chi connectivity index (χ2n) is 17.2. The van der Waals surface area contributed by atoms with E-state index < -0.39 is 72.0 Å². The number of esters is 1. The monoisotopic (exact) mass is 768 g/mol. The number of cyclic esters (lactones) is 1. The molecule has 0 radical (unpaired) electrons. The number of rotatable bonds is 10. The number of imidazole rings is 1. The molecular weight excluding hydrogens is 704 g/mol. The standard InChI is InChI=1S/C42H64N4O9/c1-11-15-32-42(10)37(46(41(51)55-42)19-13-12-18-45-22-44-38-31(45)16-14-17-43-38)28(8)33(47)24(4)20-25(5)36(27(7)34(48)29(9)39(50)53-32)54-40-35(49)30(23(2)3)21-26(6)52-40/h14,16-17,22-30,32,35-37,40,49H,11-13,15,18-21H2,1-10H3/t24-,25+,26-,27+,28-,29-,30-,32?,35-,36?,37+,40+,42-/m1/s1. The van der Waals surface area contributed by atoms with E-state index in [-0.39, 0.29) is 35.4 Å². The van der Waals surface area contributed by atoms with Crippen LogP contribution in [-0.2, 0) is 39.9 Å². The Bertz CT molecular complexity index is 1660. The summed E-state index contributed by atoms with van der Waals surface area (Å²) in [6, 6.07) is 3.11. The molecule has 2 aromatic heterocycles. The average molecular weight is 769 g/mol. The van der Waals surface area contributed by atoms with Crippen LogP contribution in [0.25, 0.3) is 11.2 Å². The van der Waals surface area contributed by atoms with E-state index in [0.29, 0.717) is 50.8 Å². The largest absolute Gasteiger partial charge is 0.457 e. The van der Waals surface area contributed by atoms with Crippen molar-refractivity contribution in [2.45, 2.75) is 157 Å². The SMILES string of the molecule is CCCC1OC(=O)[C@H](C)C(=O)[C@H](C)C(O[C@@H]2O[C@H](C)C[C@H](C(C)C)[C@H]2O)[C@@H](C)C[C@@H](C)C(=O)[C@@H](C)[C@@H]2N(CCCCn3cnc4ncccc43)C(=O)O[C@]12C. The van der Waals surface area contributed by atoms with Gasteiger partial charge >= 0.3 is 12.1 Å². The summed E-state index contributed by atoms with van der Waals surface area (Å²) in [6.07, 6.45) is 2.59. The fourth-order valence-electron chi connectivity index (χ4n) is 9.44. The lowest BCUT2D eigenvalue weighted by atomic mass is 9.74. The van der Waals surface area contributed by atoms with Crippen molar-refractivity contribution in [3.8, 4) is 0 Å². The number of aromatic nitrogens is 3. The van der Waals surface area contributed by atoms with Gasteiger partial charge < -0.3 is 33.5 Å². The van der Waals surface area contributed by atoms with Crippen molar-refractivity contribution in [3.63, 3.8) is 0 Å². The number of nitrogens with zero attached hydrogens (tertiary/aromatic N) is 4. The van der Waals surface area contributed by atoms with Gasteiger partial charge in [0.1, 0.15) is 23.9 Å². The van der Waals surface area contributed by atoms with Gasteiger partial charge in [0, 0.05) is 37.0 Å². The van der Waals surface area contributed by atoms with Gasteiger partial charge in [-0.2, -0.15) is 0 Å². The first-order valence-corrected chi connectivity index (χ1v) is 20.5. The van der Waals surface area contributed by atoms with E-state index in [2.05, 4.69) is 23.8 Å². The lowest BCUT2D eigenvalue weighted by Gasteiger charge is -2.43. The molecule has 55 heavy (non-hydrogen) atoms. The number of aliphatic hydroxyl groups excluding tert-OH is 1. The molecule has 3 saturated heterocycles. The number of pyridine rings is 1. The van der Waals surface area contributed by atoms with E-state index in [1.165, 1.54) is 0 Å². The van der Waals surface area contributed by atoms with Crippen molar-refractivity contribution >= 4 is 34.8 Å². The maximum Gasteiger partial charge on any atom is 0.410 e. The summed E-state index contributed by atoms with van der Waals surface area (Å²) in [6.45, 7) is 19.7. The predicted octanol–water partition coefficient (Wildman–Crippen LogP) is 6.38. The van der Waals surface area contributed by atoms with E-state index in [4.69, 9.17) is 18.9 Å². The molecular formula is C42H64N4O9. The number of ketones is 2. The van der Waals surface area contributed by atoms with Crippen molar-refractivity contribution in [2.24, 2.45) is 41.4 Å². The minimum atomic E-state index is -1.35. The first kappa shape index (κ1) is 42.7. The second kappa shape index (κ2) is 17.8. The number of carbonyl (C=O) groups is 4. The number of aliphatic hydroxyl groups is 1. The molecule has 0 bridgehead atoms. The van der Waals surface area contributed by atoms with Crippen LogP contribution >= 0.6 is 0 Å². The maximum absolute atomic E-state index is 14.6. The van der Waals surface area contributed by atoms with Crippen LogP contribution in [0.2, 0.25) is 0 Å². The number of Topliss-reactive ketones (excluding diaryl/α,β-unsaturated/α-hetero) is 2. The second-order valence-corrected chi connectivity index (χ2v) is 17.2. The molecule has 2 unspecified atom stereocenters. The van der Waals surface area contributed by atoms with Gasteiger partial charge in [-0.3, -0.25) is 14.4 Å². The van der Waals surface area contributed by atoms with Crippen LogP contribution in [0.15, 0.2) is 24.7 Å². The highest BCUT2D eigenvalue weighted by Gasteiger charge is 2.60. The zero-order valence-corrected chi connectivity index (χ0v) is 34.5. The van der Waals surface area contributed by atoms with Gasteiger partial charge in [0.2, 0.25) is 0 Å². The highest BCUT2D eigenvalue weighted by atomic mass is 16.7. The number of hydrogen-bond acceptors (Lipinski definition) is 11. The predicted molar refractivity (Wildman–Crippen MR) is 206 cm³/mol. The molecule has 0 aliphatic carbocycles. The molecule has 13 heteroatoms. The van der Waals surface area contributed by atoms with Crippen molar-refractivity contribution in [2.75, 3.05) is 6.54 Å². The van der Waals surface area contributed by atoms with Crippen LogP contribution in [0.5, 0.6) is 0 Å². The molecule has 5 rings (SSSR count). The number of amides is 1. The van der Waals surface area contributed by atoms with Gasteiger partial charge in [0.15, 0.2) is 23.3 Å². The van der Waals surface area contributed by atoms with E-state index in [9.17, 15) is 24.3 Å². The van der Waals surface area contributed by atoms with E-state index >= 15 is 0 Å². The molecule has 13 nitrogen and oxygen atoms in total. The van der Waals surface area contributed by atoms with Crippen LogP contribution < -0.4 is 0 Å². The van der Waals surface area contributed by atoms with Gasteiger partial charge in [-0.25, -0.2) is 14.8 Å². The normalized spacial score (nSPS) is 36.8. The molecule has 0 aromatic carbocycles. The Hall–Kier alpha value is -3.42. The number of carbonyl (C=O) groups excluding carboxylic acids is 4. The average Bonchev–Trinajstić information content (AvgIpc) is 3.68. The van der Waals surface area contributed by atoms with Crippen molar-refractivity contribution < 1.29 is 43.2 Å². The molecule has 0 spiro atoms. The minimum Gasteiger partial charge on any atom is -0.457 e. The fourth-order valence-corrected chi connectivity index (χ4v) is 9.44. The molecule has 3 aliphatic heterocycles. The summed E-state index contributed by atoms with van der Waals surface area (Å²) in [4.78, 5) is 66.8. The van der Waals surface area contributed by atoms with Gasteiger partial charge in [0.05, 0.1) is 30.1 Å². The quantitative estimate of drug-likeness (QED) is 0.162. The van der Waals surface area contributed by atoms with E-state index in [1.807, 2.05) is 51.3 Å². The first-order valence-electron chi connectivity index (χ1n) is 20.5. The summed E-state index contributed by atoms with van der Waals surface area (Å²) in [5, 5.41) is 11.4. The van der Waals surface area contributed by atoms with Gasteiger partial charge in [-0.1, -0.05) is 54.9 Å². The van der Waals surface area contributed by atoms with Crippen molar-refractivity contribution in [3.05, 3.63) is 24.7 Å². The molecule has 0 saturated carbocycles. The lowest BCUT2D eigenvalue weighted by molar-refractivity contribution is -0.282. The molecule has 306 valence electrons. The Balaban J connectivity index is 1.43. The summed E-state index contributed by atoms with van der Waals surface area (Å²) in [7, 11) is 0. The highest BCUT2D eigenvalue weighted by molar-refractivity contribution is 6.00. The van der Waals surface area contributed by atoms with Crippen LogP contribution in [0.3, 0.4) is 0 Å². The summed E-state index contributed by atoms with van der Waals surface area (Å²) < 4.78 is 27.1. The third-order valence-electron chi connectivity index (χ3n) is 12.6. The molecule has 3 fully saturated rings. The van der Waals surface area contributed by atoms with Crippen molar-refractivity contribution in [1.29, 1.82) is 0 Å². The van der Waals surface area contributed by atoms with Crippen molar-refractivity contribution in [1.82, 2.24) is 19.4 Å². The van der Waals surface area contributed by atoms with Crippen LogP contribution in [-0.4, -0.2) is 97.1 Å². The van der Waals surface area contributed by atoms with Gasteiger partial charge in [0.25, 0.3) is 0 Å². The molecule has 2 aromatic rings. The smallest absolute Gasteiger partial charge is 0.410 e. The molecule has 1 amide bonds. The number of hydrogen-bond donors (Lipinski definition) is 1. The Morgan fingerprint density at radius 3 is 2.38 bits per heavy atom. The van der Waals surface area contributed by atoms with Crippen LogP contribution in [0.1, 0.15) is 108 Å². The maximum atomic E-state index is 14.6. The number of fused-ring (bicyclic) bond motifs is 2. The summed E-state index contributed by atoms with van der Waals surface area (Å²) in [5.41, 5.74) is 0.253. The number of ether oxygens (including phenoxy) is 4. The first-order chi connectivity index (χ1) is 26.0. The topological polar surface area (TPSA) is 159 Å². The number of aryl methyl sites for hydroxylation is 1. The minimum absolute atomic E-state index is 0.0593. The van der Waals surface area contributed by atoms with Gasteiger partial charge in [-0.05, 0) is 82.8 Å². The molecule has 5 heterocycles. The van der Waals surface area contributed by atoms with Crippen LogP contribution in [0, 0.1) is 41.4 Å². The molecule has 1 N–H and O–H groups in total. The third-order valence-corrected chi connectivity index (χ3v) is 12.6. The number of unbranched alkanes of at least 4 members (excludes halogenated alkanes) is 1. The lowest BCUT2D eigenvalue weighted by Crippen LogP contribution is -2.58. The fraction of sp³-hybridized carbons (Fsp3) is 0.762. The zero-order chi connectivity index (χ0) is 40.4. The summed E-state index contributed by atoms with van der Waals surface area (Å²) in [5.74, 6) is -4.43. The van der Waals surface area contributed by atoms with E-state index in [1.54, 1.807) is 38.2 Å². The highest BCUT2D eigenvalue weighted by Crippen LogP contribution is 2.43. The Kier molecular flexibility index (Phi) is 13.8. The Labute approximate surface area is 326 Å². The Morgan fingerprint density at radius 1 is 0.982 bits per heavy atom. The van der Waals surface area contributed by atoms with Crippen LogP contribution in [0.4, 0.5) is 4.79 Å². The summed E-state index contributed by atoms with van der Waals surface area (Å²) >= 11 is 0. The van der Waals surface area contributed by atoms with Gasteiger partial charge in [-0.15, -0.1) is 0 Å².